The van der Waals surface area contributed by atoms with Gasteiger partial charge in [0.1, 0.15) is 0 Å². The first-order valence-corrected chi connectivity index (χ1v) is 5.57. The smallest absolute Gasteiger partial charge is 0.239 e. The summed E-state index contributed by atoms with van der Waals surface area (Å²) in [6.45, 7) is 4.43. The number of aliphatic hydroxyl groups is 1. The molecule has 1 amide bonds. The van der Waals surface area contributed by atoms with E-state index >= 15 is 0 Å². The van der Waals surface area contributed by atoms with Crippen LogP contribution in [-0.2, 0) is 9.53 Å². The number of ether oxygens (including phenoxy) is 1. The molecule has 0 bridgehead atoms. The van der Waals surface area contributed by atoms with Crippen molar-refractivity contribution in [1.82, 2.24) is 10.2 Å². The van der Waals surface area contributed by atoms with Crippen LogP contribution in [-0.4, -0.2) is 60.9 Å². The number of methoxy groups -OCH3 is 1. The number of hydrogen-bond acceptors (Lipinski definition) is 4. The molecule has 94 valence electrons. The molecule has 0 aromatic rings. The Bertz CT molecular complexity index is 250. The van der Waals surface area contributed by atoms with Crippen LogP contribution in [0.3, 0.4) is 0 Å². The number of amides is 1. The standard InChI is InChI=1S/C11H22N2O3/c1-11(2,15)7-13(3)10(14)9-5-8(16-4)6-12-9/h8-9,12,15H,5-7H2,1-4H3. The predicted molar refractivity (Wildman–Crippen MR) is 61.1 cm³/mol. The zero-order valence-corrected chi connectivity index (χ0v) is 10.5. The van der Waals surface area contributed by atoms with Crippen molar-refractivity contribution in [2.45, 2.75) is 38.0 Å². The Hall–Kier alpha value is -0.650. The normalized spacial score (nSPS) is 25.8. The van der Waals surface area contributed by atoms with Crippen molar-refractivity contribution in [2.75, 3.05) is 27.2 Å². The first-order valence-electron chi connectivity index (χ1n) is 5.57. The lowest BCUT2D eigenvalue weighted by atomic mass is 10.1. The second-order valence-corrected chi connectivity index (χ2v) is 5.06. The van der Waals surface area contributed by atoms with E-state index in [1.807, 2.05) is 0 Å². The molecule has 1 heterocycles. The topological polar surface area (TPSA) is 61.8 Å². The summed E-state index contributed by atoms with van der Waals surface area (Å²) in [5.74, 6) is 0.0154. The molecule has 0 aliphatic carbocycles. The Balaban J connectivity index is 2.46. The van der Waals surface area contributed by atoms with Crippen molar-refractivity contribution in [1.29, 1.82) is 0 Å². The van der Waals surface area contributed by atoms with E-state index in [4.69, 9.17) is 4.74 Å². The molecule has 0 radical (unpaired) electrons. The highest BCUT2D eigenvalue weighted by atomic mass is 16.5. The van der Waals surface area contributed by atoms with E-state index in [-0.39, 0.29) is 18.1 Å². The number of carbonyl (C=O) groups is 1. The summed E-state index contributed by atoms with van der Waals surface area (Å²) >= 11 is 0. The van der Waals surface area contributed by atoms with E-state index in [0.717, 1.165) is 0 Å². The Morgan fingerprint density at radius 2 is 2.25 bits per heavy atom. The van der Waals surface area contributed by atoms with E-state index in [9.17, 15) is 9.90 Å². The van der Waals surface area contributed by atoms with Crippen molar-refractivity contribution >= 4 is 5.91 Å². The molecule has 1 fully saturated rings. The van der Waals surface area contributed by atoms with Crippen LogP contribution in [0.2, 0.25) is 0 Å². The molecule has 2 unspecified atom stereocenters. The van der Waals surface area contributed by atoms with Gasteiger partial charge >= 0.3 is 0 Å². The van der Waals surface area contributed by atoms with Gasteiger partial charge in [0.15, 0.2) is 0 Å². The highest BCUT2D eigenvalue weighted by Gasteiger charge is 2.32. The molecule has 5 heteroatoms. The van der Waals surface area contributed by atoms with Crippen LogP contribution in [0.15, 0.2) is 0 Å². The molecule has 1 saturated heterocycles. The second-order valence-electron chi connectivity index (χ2n) is 5.06. The summed E-state index contributed by atoms with van der Waals surface area (Å²) in [4.78, 5) is 13.5. The molecular formula is C11H22N2O3. The SMILES string of the molecule is COC1CNC(C(=O)N(C)CC(C)(C)O)C1. The largest absolute Gasteiger partial charge is 0.389 e. The third kappa shape index (κ3) is 3.73. The summed E-state index contributed by atoms with van der Waals surface area (Å²) in [7, 11) is 3.36. The summed E-state index contributed by atoms with van der Waals surface area (Å²) in [5, 5.41) is 12.8. The fraction of sp³-hybridized carbons (Fsp3) is 0.909. The lowest BCUT2D eigenvalue weighted by molar-refractivity contribution is -0.134. The van der Waals surface area contributed by atoms with Gasteiger partial charge in [-0.1, -0.05) is 0 Å². The minimum absolute atomic E-state index is 0.0154. The van der Waals surface area contributed by atoms with Gasteiger partial charge in [0, 0.05) is 27.2 Å². The van der Waals surface area contributed by atoms with E-state index < -0.39 is 5.60 Å². The van der Waals surface area contributed by atoms with Crippen molar-refractivity contribution in [2.24, 2.45) is 0 Å². The summed E-state index contributed by atoms with van der Waals surface area (Å²) in [6, 6.07) is -0.183. The van der Waals surface area contributed by atoms with Crippen molar-refractivity contribution in [3.05, 3.63) is 0 Å². The highest BCUT2D eigenvalue weighted by Crippen LogP contribution is 2.13. The second kappa shape index (κ2) is 5.12. The maximum absolute atomic E-state index is 12.0. The molecule has 2 N–H and O–H groups in total. The highest BCUT2D eigenvalue weighted by molar-refractivity contribution is 5.82. The monoisotopic (exact) mass is 230 g/mol. The number of nitrogens with zero attached hydrogens (tertiary/aromatic N) is 1. The molecule has 1 aliphatic heterocycles. The lowest BCUT2D eigenvalue weighted by Crippen LogP contribution is -2.46. The van der Waals surface area contributed by atoms with Crippen LogP contribution in [0.1, 0.15) is 20.3 Å². The van der Waals surface area contributed by atoms with Gasteiger partial charge in [0.05, 0.1) is 17.7 Å². The number of hydrogen-bond donors (Lipinski definition) is 2. The maximum atomic E-state index is 12.0. The average Bonchev–Trinajstić information content (AvgIpc) is 2.61. The van der Waals surface area contributed by atoms with E-state index in [1.165, 1.54) is 0 Å². The fourth-order valence-electron chi connectivity index (χ4n) is 2.00. The van der Waals surface area contributed by atoms with E-state index in [1.54, 1.807) is 32.9 Å². The molecule has 2 atom stereocenters. The van der Waals surface area contributed by atoms with Crippen molar-refractivity contribution in [3.63, 3.8) is 0 Å². The maximum Gasteiger partial charge on any atom is 0.239 e. The molecule has 1 rings (SSSR count). The van der Waals surface area contributed by atoms with E-state index in [2.05, 4.69) is 5.32 Å². The molecule has 16 heavy (non-hydrogen) atoms. The van der Waals surface area contributed by atoms with Crippen LogP contribution in [0.25, 0.3) is 0 Å². The third-order valence-corrected chi connectivity index (χ3v) is 2.72. The van der Waals surface area contributed by atoms with E-state index in [0.29, 0.717) is 19.5 Å². The number of likely N-dealkylation sites (N-methyl/N-ethyl adjacent to an activating group) is 1. The molecule has 5 nitrogen and oxygen atoms in total. The molecule has 0 aromatic carbocycles. The number of nitrogens with one attached hydrogen (secondary N) is 1. The van der Waals surface area contributed by atoms with Crippen LogP contribution in [0.5, 0.6) is 0 Å². The van der Waals surface area contributed by atoms with Crippen molar-refractivity contribution < 1.29 is 14.6 Å². The number of carbonyl (C=O) groups excluding carboxylic acids is 1. The Kier molecular flexibility index (Phi) is 4.29. The first kappa shape index (κ1) is 13.4. The minimum Gasteiger partial charge on any atom is -0.389 e. The zero-order valence-electron chi connectivity index (χ0n) is 10.5. The summed E-state index contributed by atoms with van der Waals surface area (Å²) in [5.41, 5.74) is -0.857. The number of rotatable bonds is 4. The van der Waals surface area contributed by atoms with Crippen molar-refractivity contribution in [3.8, 4) is 0 Å². The predicted octanol–water partition coefficient (Wildman–Crippen LogP) is -0.407. The van der Waals surface area contributed by atoms with Gasteiger partial charge < -0.3 is 20.1 Å². The van der Waals surface area contributed by atoms with Gasteiger partial charge in [0.25, 0.3) is 0 Å². The van der Waals surface area contributed by atoms with Crippen LogP contribution in [0, 0.1) is 0 Å². The van der Waals surface area contributed by atoms with Gasteiger partial charge in [-0.05, 0) is 20.3 Å². The average molecular weight is 230 g/mol. The van der Waals surface area contributed by atoms with Crippen LogP contribution < -0.4 is 5.32 Å². The summed E-state index contributed by atoms with van der Waals surface area (Å²) < 4.78 is 5.19. The molecule has 1 aliphatic rings. The molecule has 0 saturated carbocycles. The molecule has 0 aromatic heterocycles. The Morgan fingerprint density at radius 1 is 1.62 bits per heavy atom. The minimum atomic E-state index is -0.857. The first-order chi connectivity index (χ1) is 7.33. The Morgan fingerprint density at radius 3 is 2.69 bits per heavy atom. The fourth-order valence-corrected chi connectivity index (χ4v) is 2.00. The van der Waals surface area contributed by atoms with Crippen LogP contribution >= 0.6 is 0 Å². The summed E-state index contributed by atoms with van der Waals surface area (Å²) in [6.07, 6.45) is 0.815. The molecule has 0 spiro atoms. The molecular weight excluding hydrogens is 208 g/mol. The zero-order chi connectivity index (χ0) is 12.3. The lowest BCUT2D eigenvalue weighted by Gasteiger charge is -2.27. The van der Waals surface area contributed by atoms with Gasteiger partial charge in [0.2, 0.25) is 5.91 Å². The third-order valence-electron chi connectivity index (χ3n) is 2.72. The van der Waals surface area contributed by atoms with Gasteiger partial charge in [-0.15, -0.1) is 0 Å². The van der Waals surface area contributed by atoms with Crippen LogP contribution in [0.4, 0.5) is 0 Å². The van der Waals surface area contributed by atoms with Gasteiger partial charge in [-0.3, -0.25) is 4.79 Å². The quantitative estimate of drug-likeness (QED) is 0.689. The van der Waals surface area contributed by atoms with Gasteiger partial charge in [-0.2, -0.15) is 0 Å². The van der Waals surface area contributed by atoms with Gasteiger partial charge in [-0.25, -0.2) is 0 Å². The Labute approximate surface area is 96.8 Å².